The lowest BCUT2D eigenvalue weighted by Crippen LogP contribution is -2.75. The van der Waals surface area contributed by atoms with Crippen LogP contribution in [0.1, 0.15) is 82.3 Å². The second-order valence-electron chi connectivity index (χ2n) is 11.9. The van der Waals surface area contributed by atoms with Crippen LogP contribution in [-0.2, 0) is 22.4 Å². The van der Waals surface area contributed by atoms with Crippen molar-refractivity contribution in [3.63, 3.8) is 0 Å². The number of halogens is 1. The fourth-order valence-corrected chi connectivity index (χ4v) is 7.36. The summed E-state index contributed by atoms with van der Waals surface area (Å²) in [4.78, 5) is 31.9. The van der Waals surface area contributed by atoms with Gasteiger partial charge in [0.1, 0.15) is 11.6 Å². The normalized spacial score (nSPS) is 27.4. The average molecular weight is 532 g/mol. The van der Waals surface area contributed by atoms with Gasteiger partial charge in [0.05, 0.1) is 6.10 Å². The van der Waals surface area contributed by atoms with Crippen LogP contribution in [0.15, 0.2) is 24.3 Å². The molecule has 2 N–H and O–H groups in total. The largest absolute Gasteiger partial charge is 0.390 e. The molecule has 3 fully saturated rings. The van der Waals surface area contributed by atoms with Crippen LogP contribution in [0.5, 0.6) is 0 Å². The van der Waals surface area contributed by atoms with E-state index in [1.165, 1.54) is 24.0 Å². The van der Waals surface area contributed by atoms with Gasteiger partial charge in [-0.25, -0.2) is 0 Å². The predicted octanol–water partition coefficient (Wildman–Crippen LogP) is 4.12. The van der Waals surface area contributed by atoms with E-state index in [0.717, 1.165) is 71.0 Å². The lowest BCUT2D eigenvalue weighted by Gasteiger charge is -2.53. The van der Waals surface area contributed by atoms with Crippen molar-refractivity contribution in [2.24, 2.45) is 11.8 Å². The Morgan fingerprint density at radius 3 is 2.46 bits per heavy atom. The third-order valence-corrected chi connectivity index (χ3v) is 9.62. The first-order chi connectivity index (χ1) is 17.5. The molecule has 0 bridgehead atoms. The van der Waals surface area contributed by atoms with E-state index in [-0.39, 0.29) is 30.1 Å². The summed E-state index contributed by atoms with van der Waals surface area (Å²) in [6.07, 6.45) is 11.3. The van der Waals surface area contributed by atoms with E-state index in [0.29, 0.717) is 25.3 Å². The van der Waals surface area contributed by atoms with Crippen molar-refractivity contribution in [2.75, 3.05) is 26.2 Å². The number of carbonyl (C=O) groups excluding carboxylic acids is 2. The van der Waals surface area contributed by atoms with E-state index in [9.17, 15) is 14.7 Å². The lowest BCUT2D eigenvalue weighted by molar-refractivity contribution is -0.166. The van der Waals surface area contributed by atoms with Gasteiger partial charge >= 0.3 is 0 Å². The van der Waals surface area contributed by atoms with Crippen molar-refractivity contribution in [3.05, 3.63) is 35.4 Å². The van der Waals surface area contributed by atoms with Crippen LogP contribution >= 0.6 is 12.4 Å². The molecule has 1 spiro atoms. The molecule has 6 nitrogen and oxygen atoms in total. The van der Waals surface area contributed by atoms with E-state index in [1.54, 1.807) is 0 Å². The number of likely N-dealkylation sites (tertiary alicyclic amines) is 1. The number of rotatable bonds is 7. The molecule has 2 heterocycles. The molecule has 1 aromatic carbocycles. The van der Waals surface area contributed by atoms with Gasteiger partial charge in [0.25, 0.3) is 0 Å². The maximum atomic E-state index is 13.8. The first kappa shape index (κ1) is 28.4. The van der Waals surface area contributed by atoms with Gasteiger partial charge in [0.2, 0.25) is 11.8 Å². The second kappa shape index (κ2) is 12.5. The fraction of sp³-hybridized carbons (Fsp3) is 0.733. The van der Waals surface area contributed by atoms with Gasteiger partial charge in [-0.3, -0.25) is 9.59 Å². The number of amides is 2. The number of hydrogen-bond donors (Lipinski definition) is 2. The van der Waals surface area contributed by atoms with Crippen molar-refractivity contribution < 1.29 is 14.7 Å². The maximum absolute atomic E-state index is 13.8. The van der Waals surface area contributed by atoms with Crippen LogP contribution < -0.4 is 5.32 Å². The molecule has 37 heavy (non-hydrogen) atoms. The monoisotopic (exact) mass is 531 g/mol. The number of piperidine rings is 1. The zero-order valence-electron chi connectivity index (χ0n) is 22.5. The highest BCUT2D eigenvalue weighted by atomic mass is 35.5. The Balaban J connectivity index is 0.00000320. The minimum atomic E-state index is -0.789. The molecule has 3 atom stereocenters. The Morgan fingerprint density at radius 1 is 1.05 bits per heavy atom. The molecule has 7 heteroatoms. The van der Waals surface area contributed by atoms with Crippen molar-refractivity contribution in [3.8, 4) is 0 Å². The molecular weight excluding hydrogens is 486 g/mol. The van der Waals surface area contributed by atoms with E-state index in [2.05, 4.69) is 41.4 Å². The molecule has 1 aromatic rings. The molecule has 2 amide bonds. The molecule has 0 aromatic heterocycles. The van der Waals surface area contributed by atoms with E-state index in [1.807, 2.05) is 4.90 Å². The highest BCUT2D eigenvalue weighted by Crippen LogP contribution is 2.37. The third kappa shape index (κ3) is 5.86. The molecule has 206 valence electrons. The second-order valence-corrected chi connectivity index (χ2v) is 11.9. The van der Waals surface area contributed by atoms with Crippen LogP contribution in [0.25, 0.3) is 0 Å². The third-order valence-electron chi connectivity index (χ3n) is 9.62. The number of aliphatic hydroxyl groups excluding tert-OH is 1. The first-order valence-corrected chi connectivity index (χ1v) is 14.6. The number of unbranched alkanes of at least 4 members (excludes halogenated alkanes) is 1. The summed E-state index contributed by atoms with van der Waals surface area (Å²) in [7, 11) is 0. The summed E-state index contributed by atoms with van der Waals surface area (Å²) in [5, 5.41) is 14.2. The molecule has 0 unspecified atom stereocenters. The minimum Gasteiger partial charge on any atom is -0.390 e. The fourth-order valence-electron chi connectivity index (χ4n) is 7.36. The maximum Gasteiger partial charge on any atom is 0.248 e. The van der Waals surface area contributed by atoms with Gasteiger partial charge in [-0.2, -0.15) is 0 Å². The SMILES string of the molecule is CCCCN1C(=O)[C@@H]([C@H](O)C2CCCCC2)NC(=O)C12CCN(C[C@@H]1CCc3ccccc3C1)CC2.Cl. The summed E-state index contributed by atoms with van der Waals surface area (Å²) in [6.45, 7) is 5.49. The molecule has 1 saturated carbocycles. The average Bonchev–Trinajstić information content (AvgIpc) is 2.92. The van der Waals surface area contributed by atoms with E-state index < -0.39 is 17.7 Å². The first-order valence-electron chi connectivity index (χ1n) is 14.6. The molecule has 4 aliphatic rings. The summed E-state index contributed by atoms with van der Waals surface area (Å²) in [6, 6.07) is 8.03. The van der Waals surface area contributed by atoms with E-state index >= 15 is 0 Å². The molecular formula is C30H46ClN3O3. The quantitative estimate of drug-likeness (QED) is 0.555. The number of piperazine rings is 1. The van der Waals surface area contributed by atoms with Crippen LogP contribution in [0.2, 0.25) is 0 Å². The molecule has 0 radical (unpaired) electrons. The summed E-state index contributed by atoms with van der Waals surface area (Å²) >= 11 is 0. The van der Waals surface area contributed by atoms with Gasteiger partial charge in [0.15, 0.2) is 0 Å². The smallest absolute Gasteiger partial charge is 0.248 e. The number of carbonyl (C=O) groups is 2. The Hall–Kier alpha value is -1.63. The Labute approximate surface area is 229 Å². The highest BCUT2D eigenvalue weighted by Gasteiger charge is 2.55. The summed E-state index contributed by atoms with van der Waals surface area (Å²) in [5.41, 5.74) is 2.23. The minimum absolute atomic E-state index is 0. The van der Waals surface area contributed by atoms with Gasteiger partial charge in [0, 0.05) is 26.2 Å². The highest BCUT2D eigenvalue weighted by molar-refractivity contribution is 6.00. The number of hydrogen-bond acceptors (Lipinski definition) is 4. The number of aliphatic hydroxyl groups is 1. The van der Waals surface area contributed by atoms with Crippen LogP contribution in [-0.4, -0.2) is 70.6 Å². The van der Waals surface area contributed by atoms with Crippen LogP contribution in [0.4, 0.5) is 0 Å². The Morgan fingerprint density at radius 2 is 1.76 bits per heavy atom. The number of nitrogens with one attached hydrogen (secondary N) is 1. The number of nitrogens with zero attached hydrogens (tertiary/aromatic N) is 2. The predicted molar refractivity (Wildman–Crippen MR) is 149 cm³/mol. The summed E-state index contributed by atoms with van der Waals surface area (Å²) < 4.78 is 0. The van der Waals surface area contributed by atoms with E-state index in [4.69, 9.17) is 0 Å². The topological polar surface area (TPSA) is 72.9 Å². The van der Waals surface area contributed by atoms with Crippen LogP contribution in [0.3, 0.4) is 0 Å². The molecule has 2 aliphatic carbocycles. The number of benzene rings is 1. The molecule has 5 rings (SSSR count). The molecule has 2 aliphatic heterocycles. The zero-order valence-corrected chi connectivity index (χ0v) is 23.3. The summed E-state index contributed by atoms with van der Waals surface area (Å²) in [5.74, 6) is 0.669. The Kier molecular flexibility index (Phi) is 9.58. The molecule has 2 saturated heterocycles. The number of fused-ring (bicyclic) bond motifs is 1. The Bertz CT molecular complexity index is 926. The van der Waals surface area contributed by atoms with Crippen molar-refractivity contribution in [2.45, 2.75) is 102 Å². The van der Waals surface area contributed by atoms with Crippen LogP contribution in [0, 0.1) is 11.8 Å². The lowest BCUT2D eigenvalue weighted by atomic mass is 9.77. The van der Waals surface area contributed by atoms with Gasteiger partial charge < -0.3 is 20.2 Å². The zero-order chi connectivity index (χ0) is 25.1. The standard InChI is InChI=1S/C30H45N3O3.ClH/c1-2-3-17-33-28(35)26(27(34)24-10-5-4-6-11-24)31-29(36)30(33)15-18-32(19-16-30)21-22-13-14-23-9-7-8-12-25(23)20-22;/h7-9,12,22,24,26-27,34H,2-6,10-11,13-21H2,1H3,(H,31,36);1H/t22-,26-,27-;/m1./s1. The van der Waals surface area contributed by atoms with Crippen molar-refractivity contribution >= 4 is 24.2 Å². The van der Waals surface area contributed by atoms with Gasteiger partial charge in [-0.15, -0.1) is 12.4 Å². The van der Waals surface area contributed by atoms with Crippen molar-refractivity contribution in [1.82, 2.24) is 15.1 Å². The number of aryl methyl sites for hydroxylation is 1. The van der Waals surface area contributed by atoms with Crippen molar-refractivity contribution in [1.29, 1.82) is 0 Å². The van der Waals surface area contributed by atoms with Gasteiger partial charge in [-0.1, -0.05) is 56.9 Å². The van der Waals surface area contributed by atoms with Gasteiger partial charge in [-0.05, 0) is 74.3 Å².